The zero-order chi connectivity index (χ0) is 59.9. The third kappa shape index (κ3) is 68.7. The number of rotatable bonds is 64. The Labute approximate surface area is 514 Å². The minimum absolute atomic E-state index is 0.0879. The number of hydrogen-bond acceptors (Lipinski definition) is 6. The minimum atomic E-state index is -0.795. The lowest BCUT2D eigenvalue weighted by Crippen LogP contribution is -2.30. The van der Waals surface area contributed by atoms with Gasteiger partial charge in [0.15, 0.2) is 6.10 Å². The van der Waals surface area contributed by atoms with Gasteiger partial charge in [0.2, 0.25) is 0 Å². The Bertz CT molecular complexity index is 1660. The molecule has 83 heavy (non-hydrogen) atoms. The van der Waals surface area contributed by atoms with Gasteiger partial charge in [-0.2, -0.15) is 0 Å². The second-order valence-electron chi connectivity index (χ2n) is 23.4. The molecule has 476 valence electrons. The number of allylic oxidation sites excluding steroid dienone is 18. The lowest BCUT2D eigenvalue weighted by Gasteiger charge is -2.18. The molecular formula is C77H132O6. The number of ether oxygens (including phenoxy) is 3. The fourth-order valence-corrected chi connectivity index (χ4v) is 9.95. The van der Waals surface area contributed by atoms with Crippen molar-refractivity contribution in [1.29, 1.82) is 0 Å². The van der Waals surface area contributed by atoms with E-state index < -0.39 is 6.10 Å². The lowest BCUT2D eigenvalue weighted by atomic mass is 10.0. The molecule has 0 radical (unpaired) electrons. The monoisotopic (exact) mass is 1150 g/mol. The van der Waals surface area contributed by atoms with E-state index in [1.54, 1.807) is 0 Å². The molecule has 0 heterocycles. The molecule has 6 heteroatoms. The van der Waals surface area contributed by atoms with Crippen molar-refractivity contribution in [1.82, 2.24) is 0 Å². The van der Waals surface area contributed by atoms with Crippen LogP contribution < -0.4 is 0 Å². The highest BCUT2D eigenvalue weighted by Gasteiger charge is 2.19. The van der Waals surface area contributed by atoms with Gasteiger partial charge in [0, 0.05) is 19.3 Å². The smallest absolute Gasteiger partial charge is 0.306 e. The Balaban J connectivity index is 4.31. The van der Waals surface area contributed by atoms with Gasteiger partial charge in [0.05, 0.1) is 0 Å². The molecule has 0 bridgehead atoms. The first-order valence-electron chi connectivity index (χ1n) is 35.4. The van der Waals surface area contributed by atoms with Crippen LogP contribution >= 0.6 is 0 Å². The summed E-state index contributed by atoms with van der Waals surface area (Å²) in [5, 5.41) is 0. The van der Waals surface area contributed by atoms with Crippen molar-refractivity contribution < 1.29 is 28.6 Å². The molecule has 0 aromatic heterocycles. The predicted octanol–water partition coefficient (Wildman–Crippen LogP) is 24.6. The van der Waals surface area contributed by atoms with E-state index in [0.717, 1.165) is 141 Å². The predicted molar refractivity (Wildman–Crippen MR) is 362 cm³/mol. The first kappa shape index (κ1) is 79.1. The summed E-state index contributed by atoms with van der Waals surface area (Å²) in [5.74, 6) is -0.906. The van der Waals surface area contributed by atoms with Crippen LogP contribution in [0.25, 0.3) is 0 Å². The van der Waals surface area contributed by atoms with Crippen LogP contribution in [-0.4, -0.2) is 37.2 Å². The summed E-state index contributed by atoms with van der Waals surface area (Å²) in [6.45, 7) is 6.47. The zero-order valence-corrected chi connectivity index (χ0v) is 54.7. The molecule has 0 aliphatic rings. The molecule has 0 N–H and O–H groups in total. The Hall–Kier alpha value is -3.93. The standard InChI is InChI=1S/C77H132O6/c1-4-7-10-13-16-19-22-25-27-29-31-33-35-37-38-40-41-43-45-47-49-52-55-58-61-64-67-70-76(79)82-73-74(72-81-75(78)69-66-63-60-57-54-51-24-21-18-15-12-9-6-3)83-77(80)71-68-65-62-59-56-53-50-48-46-44-42-39-36-34-32-30-28-26-23-20-17-14-11-8-5-2/h8,11-12,15,17,20-21,24,26,28-29,31-32,34,39,42,46,48,74H,4-7,9-10,13-14,16,18-19,22-23,25,27,30,33,35-38,40-41,43-45,47,49-73H2,1-3H3/b11-8-,15-12-,20-17-,24-21-,28-26-,31-29-,34-32-,42-39-,48-46-. The number of carbonyl (C=O) groups is 3. The molecule has 0 fully saturated rings. The Morgan fingerprint density at radius 1 is 0.253 bits per heavy atom. The average molecular weight is 1150 g/mol. The maximum absolute atomic E-state index is 13.0. The van der Waals surface area contributed by atoms with Gasteiger partial charge in [-0.25, -0.2) is 0 Å². The summed E-state index contributed by atoms with van der Waals surface area (Å²) in [7, 11) is 0. The van der Waals surface area contributed by atoms with E-state index in [4.69, 9.17) is 14.2 Å². The van der Waals surface area contributed by atoms with Crippen LogP contribution in [0.1, 0.15) is 342 Å². The highest BCUT2D eigenvalue weighted by Crippen LogP contribution is 2.17. The van der Waals surface area contributed by atoms with E-state index in [1.165, 1.54) is 161 Å². The van der Waals surface area contributed by atoms with Gasteiger partial charge in [-0.1, -0.05) is 310 Å². The second kappa shape index (κ2) is 70.6. The van der Waals surface area contributed by atoms with Crippen LogP contribution in [0, 0.1) is 0 Å². The van der Waals surface area contributed by atoms with Gasteiger partial charge < -0.3 is 14.2 Å². The van der Waals surface area contributed by atoms with Crippen molar-refractivity contribution in [3.8, 4) is 0 Å². The molecule has 0 aliphatic heterocycles. The van der Waals surface area contributed by atoms with Gasteiger partial charge in [-0.05, 0) is 122 Å². The van der Waals surface area contributed by atoms with Crippen LogP contribution in [-0.2, 0) is 28.6 Å². The SMILES string of the molecule is CC/C=C\C/C=C\C/C=C\C/C=C\C/C=C\C/C=C\CCCCCCCCC(=O)OC(COC(=O)CCCCCCC/C=C\C/C=C\CCC)COC(=O)CCCCCCCCCCCCCCCCC/C=C\CCCCCCCCCC. The van der Waals surface area contributed by atoms with E-state index >= 15 is 0 Å². The van der Waals surface area contributed by atoms with Crippen molar-refractivity contribution in [3.63, 3.8) is 0 Å². The molecule has 0 rings (SSSR count). The fraction of sp³-hybridized carbons (Fsp3) is 0.727. The summed E-state index contributed by atoms with van der Waals surface area (Å²) in [6.07, 6.45) is 96.9. The first-order chi connectivity index (χ1) is 41.0. The number of carbonyl (C=O) groups excluding carboxylic acids is 3. The molecule has 0 aromatic rings. The van der Waals surface area contributed by atoms with Gasteiger partial charge >= 0.3 is 17.9 Å². The Morgan fingerprint density at radius 2 is 0.494 bits per heavy atom. The van der Waals surface area contributed by atoms with Gasteiger partial charge in [-0.3, -0.25) is 14.4 Å². The molecular weight excluding hydrogens is 1020 g/mol. The van der Waals surface area contributed by atoms with E-state index in [-0.39, 0.29) is 31.1 Å². The van der Waals surface area contributed by atoms with Crippen molar-refractivity contribution in [2.24, 2.45) is 0 Å². The molecule has 1 atom stereocenters. The number of unbranched alkanes of at least 4 members (excludes halogenated alkanes) is 35. The fourth-order valence-electron chi connectivity index (χ4n) is 9.95. The molecule has 0 amide bonds. The third-order valence-electron chi connectivity index (χ3n) is 15.2. The van der Waals surface area contributed by atoms with Crippen LogP contribution in [0.4, 0.5) is 0 Å². The van der Waals surface area contributed by atoms with Crippen LogP contribution in [0.2, 0.25) is 0 Å². The summed E-state index contributed by atoms with van der Waals surface area (Å²) in [5.41, 5.74) is 0. The summed E-state index contributed by atoms with van der Waals surface area (Å²) in [4.78, 5) is 38.4. The quantitative estimate of drug-likeness (QED) is 0.0261. The molecule has 0 saturated heterocycles. The first-order valence-corrected chi connectivity index (χ1v) is 35.4. The van der Waals surface area contributed by atoms with E-state index in [2.05, 4.69) is 130 Å². The second-order valence-corrected chi connectivity index (χ2v) is 23.4. The van der Waals surface area contributed by atoms with Crippen molar-refractivity contribution in [2.45, 2.75) is 348 Å². The third-order valence-corrected chi connectivity index (χ3v) is 15.2. The number of esters is 3. The summed E-state index contributed by atoms with van der Waals surface area (Å²) in [6, 6.07) is 0. The molecule has 0 spiro atoms. The molecule has 0 aliphatic carbocycles. The largest absolute Gasteiger partial charge is 0.462 e. The van der Waals surface area contributed by atoms with Gasteiger partial charge in [-0.15, -0.1) is 0 Å². The molecule has 0 aromatic carbocycles. The highest BCUT2D eigenvalue weighted by atomic mass is 16.6. The van der Waals surface area contributed by atoms with Crippen LogP contribution in [0.5, 0.6) is 0 Å². The lowest BCUT2D eigenvalue weighted by molar-refractivity contribution is -0.167. The van der Waals surface area contributed by atoms with Crippen molar-refractivity contribution in [3.05, 3.63) is 109 Å². The topological polar surface area (TPSA) is 78.9 Å². The van der Waals surface area contributed by atoms with Gasteiger partial charge in [0.25, 0.3) is 0 Å². The molecule has 1 unspecified atom stereocenters. The Kier molecular flexibility index (Phi) is 67.2. The normalized spacial score (nSPS) is 12.8. The molecule has 0 saturated carbocycles. The number of hydrogen-bond donors (Lipinski definition) is 0. The van der Waals surface area contributed by atoms with Crippen molar-refractivity contribution in [2.75, 3.05) is 13.2 Å². The van der Waals surface area contributed by atoms with E-state index in [1.807, 2.05) is 0 Å². The molecule has 6 nitrogen and oxygen atoms in total. The van der Waals surface area contributed by atoms with E-state index in [0.29, 0.717) is 19.3 Å². The van der Waals surface area contributed by atoms with Crippen LogP contribution in [0.3, 0.4) is 0 Å². The van der Waals surface area contributed by atoms with E-state index in [9.17, 15) is 14.4 Å². The summed E-state index contributed by atoms with van der Waals surface area (Å²) < 4.78 is 17.0. The van der Waals surface area contributed by atoms with Crippen LogP contribution in [0.15, 0.2) is 109 Å². The maximum Gasteiger partial charge on any atom is 0.306 e. The minimum Gasteiger partial charge on any atom is -0.462 e. The average Bonchev–Trinajstić information content (AvgIpc) is 3.49. The Morgan fingerprint density at radius 3 is 0.795 bits per heavy atom. The zero-order valence-electron chi connectivity index (χ0n) is 54.7. The van der Waals surface area contributed by atoms with Crippen molar-refractivity contribution >= 4 is 17.9 Å². The summed E-state index contributed by atoms with van der Waals surface area (Å²) >= 11 is 0. The maximum atomic E-state index is 13.0. The van der Waals surface area contributed by atoms with Gasteiger partial charge in [0.1, 0.15) is 13.2 Å². The highest BCUT2D eigenvalue weighted by molar-refractivity contribution is 5.71.